The lowest BCUT2D eigenvalue weighted by atomic mass is 9.92. The summed E-state index contributed by atoms with van der Waals surface area (Å²) < 4.78 is 0. The van der Waals surface area contributed by atoms with Crippen LogP contribution in [0.3, 0.4) is 0 Å². The first kappa shape index (κ1) is 14.0. The Morgan fingerprint density at radius 1 is 1.10 bits per heavy atom. The first-order valence-corrected chi connectivity index (χ1v) is 8.10. The summed E-state index contributed by atoms with van der Waals surface area (Å²) in [7, 11) is 4.31. The van der Waals surface area contributed by atoms with E-state index in [0.717, 1.165) is 13.0 Å². The maximum absolute atomic E-state index is 4.96. The molecular formula is C17H27N3. The molecule has 0 N–H and O–H groups in total. The molecule has 3 nitrogen and oxygen atoms in total. The minimum absolute atomic E-state index is 1.11. The Labute approximate surface area is 123 Å². The Balaban J connectivity index is 1.65. The maximum atomic E-state index is 4.96. The zero-order valence-corrected chi connectivity index (χ0v) is 13.0. The summed E-state index contributed by atoms with van der Waals surface area (Å²) in [4.78, 5) is 9.84. The average Bonchev–Trinajstić information content (AvgIpc) is 2.44. The molecule has 0 amide bonds. The molecule has 3 heteroatoms. The molecule has 1 aromatic rings. The van der Waals surface area contributed by atoms with E-state index in [0.29, 0.717) is 0 Å². The van der Waals surface area contributed by atoms with Crippen LogP contribution in [0.4, 0.5) is 0 Å². The van der Waals surface area contributed by atoms with Gasteiger partial charge in [0.2, 0.25) is 0 Å². The molecule has 3 rings (SSSR count). The number of hydrogen-bond donors (Lipinski definition) is 0. The lowest BCUT2D eigenvalue weighted by molar-refractivity contribution is 0.236. The van der Waals surface area contributed by atoms with Gasteiger partial charge in [-0.3, -0.25) is 9.88 Å². The van der Waals surface area contributed by atoms with Crippen LogP contribution in [0, 0.1) is 0 Å². The van der Waals surface area contributed by atoms with Crippen LogP contribution in [-0.4, -0.2) is 48.5 Å². The summed E-state index contributed by atoms with van der Waals surface area (Å²) >= 11 is 0. The summed E-state index contributed by atoms with van der Waals surface area (Å²) in [6, 6.07) is 2.47. The number of pyridine rings is 1. The third kappa shape index (κ3) is 3.21. The summed E-state index contributed by atoms with van der Waals surface area (Å²) in [5.74, 6) is 0. The van der Waals surface area contributed by atoms with Crippen molar-refractivity contribution in [2.24, 2.45) is 0 Å². The van der Waals surface area contributed by atoms with Crippen LogP contribution in [0.15, 0.2) is 6.07 Å². The zero-order valence-electron chi connectivity index (χ0n) is 13.0. The topological polar surface area (TPSA) is 19.4 Å². The molecule has 1 aliphatic carbocycles. The van der Waals surface area contributed by atoms with Crippen LogP contribution < -0.4 is 0 Å². The number of aryl methyl sites for hydroxylation is 2. The van der Waals surface area contributed by atoms with E-state index in [9.17, 15) is 0 Å². The fourth-order valence-electron chi connectivity index (χ4n) is 3.46. The third-order valence-electron chi connectivity index (χ3n) is 4.61. The van der Waals surface area contributed by atoms with Crippen molar-refractivity contribution in [2.45, 2.75) is 45.1 Å². The number of fused-ring (bicyclic) bond motifs is 2. The second-order valence-electron chi connectivity index (χ2n) is 6.59. The lowest BCUT2D eigenvalue weighted by Gasteiger charge is -2.30. The number of aromatic nitrogens is 1. The standard InChI is InChI=1S/C17H27N3/c1-19(2)9-5-10-20-11-8-17-15(13-20)12-14-6-3-4-7-16(14)18-17/h12H,3-11,13H2,1-2H3. The minimum atomic E-state index is 1.11. The molecule has 0 saturated heterocycles. The number of nitrogens with zero attached hydrogens (tertiary/aromatic N) is 3. The van der Waals surface area contributed by atoms with E-state index in [2.05, 4.69) is 30.0 Å². The predicted octanol–water partition coefficient (Wildman–Crippen LogP) is 2.27. The molecule has 0 saturated carbocycles. The molecule has 2 heterocycles. The van der Waals surface area contributed by atoms with Crippen LogP contribution in [-0.2, 0) is 25.8 Å². The Hall–Kier alpha value is -0.930. The highest BCUT2D eigenvalue weighted by Crippen LogP contribution is 2.25. The number of hydrogen-bond acceptors (Lipinski definition) is 3. The SMILES string of the molecule is CN(C)CCCN1CCc2nc3c(cc2C1)CCCC3. The summed E-state index contributed by atoms with van der Waals surface area (Å²) in [6.07, 6.45) is 7.53. The van der Waals surface area contributed by atoms with Crippen molar-refractivity contribution in [3.05, 3.63) is 28.6 Å². The van der Waals surface area contributed by atoms with E-state index < -0.39 is 0 Å². The van der Waals surface area contributed by atoms with Crippen molar-refractivity contribution in [3.63, 3.8) is 0 Å². The Morgan fingerprint density at radius 2 is 1.90 bits per heavy atom. The Morgan fingerprint density at radius 3 is 2.75 bits per heavy atom. The minimum Gasteiger partial charge on any atom is -0.309 e. The van der Waals surface area contributed by atoms with Crippen molar-refractivity contribution < 1.29 is 0 Å². The highest BCUT2D eigenvalue weighted by atomic mass is 15.1. The third-order valence-corrected chi connectivity index (χ3v) is 4.61. The van der Waals surface area contributed by atoms with Gasteiger partial charge in [0.15, 0.2) is 0 Å². The average molecular weight is 273 g/mol. The van der Waals surface area contributed by atoms with Crippen LogP contribution in [0.2, 0.25) is 0 Å². The van der Waals surface area contributed by atoms with Gasteiger partial charge in [0.1, 0.15) is 0 Å². The molecule has 0 bridgehead atoms. The van der Waals surface area contributed by atoms with E-state index in [1.807, 2.05) is 0 Å². The Kier molecular flexibility index (Phi) is 4.37. The van der Waals surface area contributed by atoms with Gasteiger partial charge in [-0.25, -0.2) is 0 Å². The largest absolute Gasteiger partial charge is 0.309 e. The van der Waals surface area contributed by atoms with E-state index in [1.165, 1.54) is 74.3 Å². The molecule has 0 fully saturated rings. The van der Waals surface area contributed by atoms with Gasteiger partial charge < -0.3 is 4.90 Å². The summed E-state index contributed by atoms with van der Waals surface area (Å²) in [5, 5.41) is 0. The van der Waals surface area contributed by atoms with Crippen LogP contribution >= 0.6 is 0 Å². The van der Waals surface area contributed by atoms with Crippen molar-refractivity contribution in [3.8, 4) is 0 Å². The molecule has 0 radical (unpaired) electrons. The van der Waals surface area contributed by atoms with Crippen LogP contribution in [0.5, 0.6) is 0 Å². The van der Waals surface area contributed by atoms with Crippen molar-refractivity contribution in [1.29, 1.82) is 0 Å². The van der Waals surface area contributed by atoms with Crippen LogP contribution in [0.25, 0.3) is 0 Å². The molecule has 0 spiro atoms. The van der Waals surface area contributed by atoms with Crippen LogP contribution in [0.1, 0.15) is 41.8 Å². The predicted molar refractivity (Wildman–Crippen MR) is 83.0 cm³/mol. The first-order valence-electron chi connectivity index (χ1n) is 8.10. The second kappa shape index (κ2) is 6.23. The zero-order chi connectivity index (χ0) is 13.9. The quantitative estimate of drug-likeness (QED) is 0.839. The molecule has 0 aromatic carbocycles. The number of rotatable bonds is 4. The van der Waals surface area contributed by atoms with Crippen molar-refractivity contribution >= 4 is 0 Å². The first-order chi connectivity index (χ1) is 9.72. The van der Waals surface area contributed by atoms with Gasteiger partial charge in [0, 0.05) is 30.9 Å². The molecule has 0 atom stereocenters. The highest BCUT2D eigenvalue weighted by Gasteiger charge is 2.20. The summed E-state index contributed by atoms with van der Waals surface area (Å²) in [6.45, 7) is 4.70. The van der Waals surface area contributed by atoms with Gasteiger partial charge in [-0.15, -0.1) is 0 Å². The van der Waals surface area contributed by atoms with Crippen molar-refractivity contribution in [2.75, 3.05) is 33.7 Å². The normalized spacial score (nSPS) is 18.9. The molecular weight excluding hydrogens is 246 g/mol. The molecule has 2 aliphatic rings. The molecule has 110 valence electrons. The molecule has 20 heavy (non-hydrogen) atoms. The lowest BCUT2D eigenvalue weighted by Crippen LogP contribution is -2.33. The van der Waals surface area contributed by atoms with Gasteiger partial charge in [-0.1, -0.05) is 6.07 Å². The Bertz CT molecular complexity index is 468. The van der Waals surface area contributed by atoms with E-state index in [1.54, 1.807) is 0 Å². The van der Waals surface area contributed by atoms with E-state index in [4.69, 9.17) is 4.98 Å². The molecule has 1 aliphatic heterocycles. The van der Waals surface area contributed by atoms with Gasteiger partial charge in [0.25, 0.3) is 0 Å². The summed E-state index contributed by atoms with van der Waals surface area (Å²) in [5.41, 5.74) is 5.82. The monoisotopic (exact) mass is 273 g/mol. The van der Waals surface area contributed by atoms with Gasteiger partial charge in [-0.2, -0.15) is 0 Å². The maximum Gasteiger partial charge on any atom is 0.0464 e. The molecule has 1 aromatic heterocycles. The smallest absolute Gasteiger partial charge is 0.0464 e. The second-order valence-corrected chi connectivity index (χ2v) is 6.59. The fraction of sp³-hybridized carbons (Fsp3) is 0.706. The molecule has 0 unspecified atom stereocenters. The van der Waals surface area contributed by atoms with Gasteiger partial charge in [-0.05, 0) is 70.4 Å². The fourth-order valence-corrected chi connectivity index (χ4v) is 3.46. The highest BCUT2D eigenvalue weighted by molar-refractivity contribution is 5.33. The van der Waals surface area contributed by atoms with E-state index in [-0.39, 0.29) is 0 Å². The van der Waals surface area contributed by atoms with Crippen molar-refractivity contribution in [1.82, 2.24) is 14.8 Å². The van der Waals surface area contributed by atoms with Gasteiger partial charge in [0.05, 0.1) is 0 Å². The van der Waals surface area contributed by atoms with Gasteiger partial charge >= 0.3 is 0 Å². The van der Waals surface area contributed by atoms with E-state index >= 15 is 0 Å².